The molecule has 0 saturated heterocycles. The molecule has 162 valence electrons. The van der Waals surface area contributed by atoms with Gasteiger partial charge in [-0.1, -0.05) is 42.1 Å². The van der Waals surface area contributed by atoms with Gasteiger partial charge in [-0.15, -0.1) is 10.2 Å². The standard InChI is InChI=1S/C23H27N5O2S/c1-4-27-22(16(2)24-18-10-6-8-12-20(18)30-3)25-26-23(27)31-15-21(29)28-14-13-17-9-5-7-11-19(17)28/h5-12,16,24H,4,13-15H2,1-3H3/t16-/m1/s1. The van der Waals surface area contributed by atoms with Crippen molar-refractivity contribution < 1.29 is 9.53 Å². The lowest BCUT2D eigenvalue weighted by Gasteiger charge is -2.18. The molecule has 1 aliphatic rings. The first-order valence-corrected chi connectivity index (χ1v) is 11.4. The number of anilines is 2. The van der Waals surface area contributed by atoms with Crippen molar-refractivity contribution >= 4 is 29.0 Å². The Labute approximate surface area is 186 Å². The number of hydrogen-bond donors (Lipinski definition) is 1. The fourth-order valence-corrected chi connectivity index (χ4v) is 4.77. The summed E-state index contributed by atoms with van der Waals surface area (Å²) in [5.74, 6) is 2.04. The molecule has 0 spiro atoms. The van der Waals surface area contributed by atoms with Crippen LogP contribution in [0.4, 0.5) is 11.4 Å². The highest BCUT2D eigenvalue weighted by Gasteiger charge is 2.25. The zero-order valence-corrected chi connectivity index (χ0v) is 18.9. The second-order valence-electron chi connectivity index (χ2n) is 7.36. The van der Waals surface area contributed by atoms with Crippen molar-refractivity contribution in [3.8, 4) is 5.75 Å². The Morgan fingerprint density at radius 1 is 1.19 bits per heavy atom. The van der Waals surface area contributed by atoms with Crippen LogP contribution in [-0.2, 0) is 17.8 Å². The highest BCUT2D eigenvalue weighted by atomic mass is 32.2. The van der Waals surface area contributed by atoms with Crippen LogP contribution in [-0.4, -0.2) is 40.1 Å². The van der Waals surface area contributed by atoms with Crippen molar-refractivity contribution in [2.75, 3.05) is 29.6 Å². The van der Waals surface area contributed by atoms with Gasteiger partial charge in [0.15, 0.2) is 11.0 Å². The summed E-state index contributed by atoms with van der Waals surface area (Å²) in [6, 6.07) is 15.8. The molecule has 4 rings (SSSR count). The average molecular weight is 438 g/mol. The van der Waals surface area contributed by atoms with E-state index in [0.717, 1.165) is 47.6 Å². The Hall–Kier alpha value is -3.00. The molecule has 2 heterocycles. The number of rotatable bonds is 8. The van der Waals surface area contributed by atoms with E-state index in [1.165, 1.54) is 17.3 Å². The molecule has 1 aromatic heterocycles. The van der Waals surface area contributed by atoms with Gasteiger partial charge < -0.3 is 19.5 Å². The van der Waals surface area contributed by atoms with Gasteiger partial charge in [-0.3, -0.25) is 4.79 Å². The van der Waals surface area contributed by atoms with E-state index in [2.05, 4.69) is 33.1 Å². The summed E-state index contributed by atoms with van der Waals surface area (Å²) in [5, 5.41) is 13.0. The molecular weight excluding hydrogens is 410 g/mol. The third-order valence-electron chi connectivity index (χ3n) is 5.44. The number of nitrogens with one attached hydrogen (secondary N) is 1. The highest BCUT2D eigenvalue weighted by molar-refractivity contribution is 7.99. The van der Waals surface area contributed by atoms with Crippen LogP contribution in [0.2, 0.25) is 0 Å². The van der Waals surface area contributed by atoms with Crippen LogP contribution in [0.5, 0.6) is 5.75 Å². The molecule has 1 N–H and O–H groups in total. The first kappa shape index (κ1) is 21.2. The van der Waals surface area contributed by atoms with Gasteiger partial charge in [-0.2, -0.15) is 0 Å². The van der Waals surface area contributed by atoms with E-state index in [0.29, 0.717) is 5.75 Å². The molecule has 1 amide bonds. The third kappa shape index (κ3) is 4.39. The number of nitrogens with zero attached hydrogens (tertiary/aromatic N) is 4. The SMILES string of the molecule is CCn1c(SCC(=O)N2CCc3ccccc32)nnc1[C@@H](C)Nc1ccccc1OC. The van der Waals surface area contributed by atoms with E-state index in [4.69, 9.17) is 4.74 Å². The number of carbonyl (C=O) groups is 1. The summed E-state index contributed by atoms with van der Waals surface area (Å²) in [6.45, 7) is 5.57. The van der Waals surface area contributed by atoms with E-state index >= 15 is 0 Å². The Balaban J connectivity index is 1.44. The van der Waals surface area contributed by atoms with Crippen LogP contribution >= 0.6 is 11.8 Å². The quantitative estimate of drug-likeness (QED) is 0.534. The zero-order valence-electron chi connectivity index (χ0n) is 18.0. The molecule has 8 heteroatoms. The van der Waals surface area contributed by atoms with Gasteiger partial charge in [-0.05, 0) is 44.0 Å². The third-order valence-corrected chi connectivity index (χ3v) is 6.39. The summed E-state index contributed by atoms with van der Waals surface area (Å²) < 4.78 is 7.49. The van der Waals surface area contributed by atoms with Gasteiger partial charge in [0, 0.05) is 18.8 Å². The van der Waals surface area contributed by atoms with Gasteiger partial charge in [0.25, 0.3) is 0 Å². The van der Waals surface area contributed by atoms with Crippen LogP contribution in [0.3, 0.4) is 0 Å². The maximum absolute atomic E-state index is 12.9. The Morgan fingerprint density at radius 3 is 2.77 bits per heavy atom. The van der Waals surface area contributed by atoms with Gasteiger partial charge in [0.05, 0.1) is 24.6 Å². The first-order chi connectivity index (χ1) is 15.1. The molecule has 0 radical (unpaired) electrons. The van der Waals surface area contributed by atoms with Gasteiger partial charge in [-0.25, -0.2) is 0 Å². The number of amides is 1. The van der Waals surface area contributed by atoms with Crippen molar-refractivity contribution in [2.45, 2.75) is 38.0 Å². The second kappa shape index (κ2) is 9.43. The smallest absolute Gasteiger partial charge is 0.237 e. The molecule has 31 heavy (non-hydrogen) atoms. The normalized spacial score (nSPS) is 13.7. The van der Waals surface area contributed by atoms with Crippen molar-refractivity contribution in [3.63, 3.8) is 0 Å². The van der Waals surface area contributed by atoms with Crippen LogP contribution in [0.1, 0.15) is 31.3 Å². The molecule has 0 saturated carbocycles. The van der Waals surface area contributed by atoms with Gasteiger partial charge in [0.2, 0.25) is 5.91 Å². The lowest BCUT2D eigenvalue weighted by molar-refractivity contribution is -0.116. The van der Waals surface area contributed by atoms with E-state index < -0.39 is 0 Å². The number of carbonyl (C=O) groups excluding carboxylic acids is 1. The van der Waals surface area contributed by atoms with Crippen molar-refractivity contribution in [2.24, 2.45) is 0 Å². The minimum absolute atomic E-state index is 0.0701. The fraction of sp³-hybridized carbons (Fsp3) is 0.348. The van der Waals surface area contributed by atoms with Gasteiger partial charge >= 0.3 is 0 Å². The summed E-state index contributed by atoms with van der Waals surface area (Å²) in [4.78, 5) is 14.7. The molecule has 0 fully saturated rings. The molecule has 3 aromatic rings. The average Bonchev–Trinajstić information content (AvgIpc) is 3.42. The maximum Gasteiger partial charge on any atom is 0.237 e. The zero-order chi connectivity index (χ0) is 21.8. The molecule has 0 unspecified atom stereocenters. The topological polar surface area (TPSA) is 72.3 Å². The maximum atomic E-state index is 12.9. The summed E-state index contributed by atoms with van der Waals surface area (Å²) in [6.07, 6.45) is 0.911. The van der Waals surface area contributed by atoms with E-state index in [1.807, 2.05) is 54.3 Å². The Kier molecular flexibility index (Phi) is 6.46. The second-order valence-corrected chi connectivity index (χ2v) is 8.31. The van der Waals surface area contributed by atoms with Gasteiger partial charge in [0.1, 0.15) is 5.75 Å². The van der Waals surface area contributed by atoms with E-state index in [1.54, 1.807) is 7.11 Å². The first-order valence-electron chi connectivity index (χ1n) is 10.5. The number of aromatic nitrogens is 3. The Bertz CT molecular complexity index is 1070. The predicted molar refractivity (Wildman–Crippen MR) is 124 cm³/mol. The largest absolute Gasteiger partial charge is 0.495 e. The summed E-state index contributed by atoms with van der Waals surface area (Å²) >= 11 is 1.44. The summed E-state index contributed by atoms with van der Waals surface area (Å²) in [7, 11) is 1.66. The molecular formula is C23H27N5O2S. The molecule has 1 atom stereocenters. The molecule has 0 bridgehead atoms. The minimum Gasteiger partial charge on any atom is -0.495 e. The molecule has 2 aromatic carbocycles. The van der Waals surface area contributed by atoms with Crippen LogP contribution < -0.4 is 15.0 Å². The predicted octanol–water partition coefficient (Wildman–Crippen LogP) is 4.16. The molecule has 0 aliphatic carbocycles. The summed E-state index contributed by atoms with van der Waals surface area (Å²) in [5.41, 5.74) is 3.16. The lowest BCUT2D eigenvalue weighted by atomic mass is 10.2. The Morgan fingerprint density at radius 2 is 1.97 bits per heavy atom. The number of para-hydroxylation sites is 3. The van der Waals surface area contributed by atoms with Crippen LogP contribution in [0, 0.1) is 0 Å². The number of ether oxygens (including phenoxy) is 1. The van der Waals surface area contributed by atoms with Crippen LogP contribution in [0.15, 0.2) is 53.7 Å². The van der Waals surface area contributed by atoms with Crippen LogP contribution in [0.25, 0.3) is 0 Å². The lowest BCUT2D eigenvalue weighted by Crippen LogP contribution is -2.30. The number of thioether (sulfide) groups is 1. The number of methoxy groups -OCH3 is 1. The molecule has 7 nitrogen and oxygen atoms in total. The monoisotopic (exact) mass is 437 g/mol. The van der Waals surface area contributed by atoms with E-state index in [-0.39, 0.29) is 11.9 Å². The highest BCUT2D eigenvalue weighted by Crippen LogP contribution is 2.30. The van der Waals surface area contributed by atoms with Crippen molar-refractivity contribution in [1.29, 1.82) is 0 Å². The molecule has 1 aliphatic heterocycles. The number of fused-ring (bicyclic) bond motifs is 1. The van der Waals surface area contributed by atoms with E-state index in [9.17, 15) is 4.79 Å². The number of benzene rings is 2. The van der Waals surface area contributed by atoms with Crippen molar-refractivity contribution in [1.82, 2.24) is 14.8 Å². The van der Waals surface area contributed by atoms with Crippen molar-refractivity contribution in [3.05, 3.63) is 59.9 Å². The minimum atomic E-state index is -0.0701. The number of hydrogen-bond acceptors (Lipinski definition) is 6. The fourth-order valence-electron chi connectivity index (χ4n) is 3.89.